The Morgan fingerprint density at radius 1 is 1.12 bits per heavy atom. The van der Waals surface area contributed by atoms with Crippen molar-refractivity contribution in [1.29, 1.82) is 0 Å². The molecule has 0 bridgehead atoms. The van der Waals surface area contributed by atoms with E-state index in [2.05, 4.69) is 0 Å². The standard InChI is InChI=1S/C19H22ClNO4/c1-14-7-8-17(18(11-14)23-3)25-13-19(22)21(2)9-10-24-16-6-4-5-15(20)12-16/h4-8,11-12H,9-10,13H2,1-3H3. The lowest BCUT2D eigenvalue weighted by atomic mass is 10.2. The third-order valence-corrected chi connectivity index (χ3v) is 3.82. The largest absolute Gasteiger partial charge is 0.493 e. The zero-order valence-corrected chi connectivity index (χ0v) is 15.4. The van der Waals surface area contributed by atoms with E-state index in [0.29, 0.717) is 35.4 Å². The van der Waals surface area contributed by atoms with Gasteiger partial charge in [0.15, 0.2) is 18.1 Å². The molecule has 0 aliphatic carbocycles. The molecule has 2 aromatic carbocycles. The van der Waals surface area contributed by atoms with Crippen molar-refractivity contribution in [3.05, 3.63) is 53.1 Å². The van der Waals surface area contributed by atoms with Gasteiger partial charge in [0.1, 0.15) is 12.4 Å². The Morgan fingerprint density at radius 3 is 2.64 bits per heavy atom. The van der Waals surface area contributed by atoms with Gasteiger partial charge in [0.2, 0.25) is 0 Å². The van der Waals surface area contributed by atoms with Crippen molar-refractivity contribution < 1.29 is 19.0 Å². The maximum atomic E-state index is 12.2. The van der Waals surface area contributed by atoms with Crippen LogP contribution >= 0.6 is 11.6 Å². The van der Waals surface area contributed by atoms with Gasteiger partial charge in [-0.2, -0.15) is 0 Å². The lowest BCUT2D eigenvalue weighted by Gasteiger charge is -2.18. The molecule has 0 fully saturated rings. The van der Waals surface area contributed by atoms with Gasteiger partial charge in [0.25, 0.3) is 5.91 Å². The molecule has 1 amide bonds. The number of carbonyl (C=O) groups is 1. The van der Waals surface area contributed by atoms with Crippen molar-refractivity contribution in [2.24, 2.45) is 0 Å². The molecule has 0 spiro atoms. The molecule has 0 aromatic heterocycles. The van der Waals surface area contributed by atoms with Gasteiger partial charge in [-0.3, -0.25) is 4.79 Å². The lowest BCUT2D eigenvalue weighted by molar-refractivity contribution is -0.132. The number of hydrogen-bond acceptors (Lipinski definition) is 4. The van der Waals surface area contributed by atoms with Gasteiger partial charge >= 0.3 is 0 Å². The highest BCUT2D eigenvalue weighted by Crippen LogP contribution is 2.27. The van der Waals surface area contributed by atoms with E-state index in [0.717, 1.165) is 5.56 Å². The van der Waals surface area contributed by atoms with Gasteiger partial charge in [-0.1, -0.05) is 23.7 Å². The maximum Gasteiger partial charge on any atom is 0.260 e. The van der Waals surface area contributed by atoms with Crippen LogP contribution in [0.3, 0.4) is 0 Å². The quantitative estimate of drug-likeness (QED) is 0.719. The third-order valence-electron chi connectivity index (χ3n) is 3.59. The van der Waals surface area contributed by atoms with E-state index < -0.39 is 0 Å². The summed E-state index contributed by atoms with van der Waals surface area (Å²) in [6.45, 7) is 2.72. The van der Waals surface area contributed by atoms with Gasteiger partial charge in [0, 0.05) is 12.1 Å². The predicted octanol–water partition coefficient (Wildman–Crippen LogP) is 3.57. The highest BCUT2D eigenvalue weighted by atomic mass is 35.5. The Bertz CT molecular complexity index is 720. The molecule has 0 unspecified atom stereocenters. The van der Waals surface area contributed by atoms with Gasteiger partial charge in [-0.15, -0.1) is 0 Å². The number of carbonyl (C=O) groups excluding carboxylic acids is 1. The molecule has 0 aliphatic heterocycles. The summed E-state index contributed by atoms with van der Waals surface area (Å²) in [6, 6.07) is 12.7. The number of aryl methyl sites for hydroxylation is 1. The zero-order valence-electron chi connectivity index (χ0n) is 14.6. The fraction of sp³-hybridized carbons (Fsp3) is 0.316. The molecule has 2 rings (SSSR count). The van der Waals surface area contributed by atoms with Gasteiger partial charge in [0.05, 0.1) is 13.7 Å². The van der Waals surface area contributed by atoms with Crippen LogP contribution < -0.4 is 14.2 Å². The topological polar surface area (TPSA) is 48.0 Å². The Labute approximate surface area is 153 Å². The number of halogens is 1. The summed E-state index contributed by atoms with van der Waals surface area (Å²) < 4.78 is 16.4. The second-order valence-corrected chi connectivity index (χ2v) is 6.00. The Hall–Kier alpha value is -2.40. The summed E-state index contributed by atoms with van der Waals surface area (Å²) in [5, 5.41) is 0.613. The molecule has 25 heavy (non-hydrogen) atoms. The average Bonchev–Trinajstić information content (AvgIpc) is 2.60. The number of rotatable bonds is 8. The minimum atomic E-state index is -0.141. The van der Waals surface area contributed by atoms with Crippen molar-refractivity contribution in [3.8, 4) is 17.2 Å². The van der Waals surface area contributed by atoms with Crippen LogP contribution in [0.2, 0.25) is 5.02 Å². The highest BCUT2D eigenvalue weighted by Gasteiger charge is 2.12. The summed E-state index contributed by atoms with van der Waals surface area (Å²) in [6.07, 6.45) is 0. The zero-order chi connectivity index (χ0) is 18.2. The highest BCUT2D eigenvalue weighted by molar-refractivity contribution is 6.30. The SMILES string of the molecule is COc1cc(C)ccc1OCC(=O)N(C)CCOc1cccc(Cl)c1. The van der Waals surface area contributed by atoms with E-state index in [4.69, 9.17) is 25.8 Å². The molecule has 6 heteroatoms. The van der Waals surface area contributed by atoms with E-state index in [1.165, 1.54) is 0 Å². The van der Waals surface area contributed by atoms with Gasteiger partial charge < -0.3 is 19.1 Å². The van der Waals surface area contributed by atoms with Crippen LogP contribution in [-0.2, 0) is 4.79 Å². The molecule has 134 valence electrons. The van der Waals surface area contributed by atoms with Crippen LogP contribution in [0.25, 0.3) is 0 Å². The molecule has 0 heterocycles. The Balaban J connectivity index is 1.78. The van der Waals surface area contributed by atoms with E-state index in [9.17, 15) is 4.79 Å². The monoisotopic (exact) mass is 363 g/mol. The van der Waals surface area contributed by atoms with Crippen LogP contribution in [0.1, 0.15) is 5.56 Å². The van der Waals surface area contributed by atoms with Crippen LogP contribution in [0.15, 0.2) is 42.5 Å². The van der Waals surface area contributed by atoms with Crippen molar-refractivity contribution >= 4 is 17.5 Å². The number of ether oxygens (including phenoxy) is 3. The van der Waals surface area contributed by atoms with Crippen molar-refractivity contribution in [2.75, 3.05) is 33.9 Å². The fourth-order valence-corrected chi connectivity index (χ4v) is 2.31. The third kappa shape index (κ3) is 5.87. The molecule has 2 aromatic rings. The number of methoxy groups -OCH3 is 1. The van der Waals surface area contributed by atoms with E-state index in [-0.39, 0.29) is 12.5 Å². The first-order valence-electron chi connectivity index (χ1n) is 7.89. The van der Waals surface area contributed by atoms with Crippen LogP contribution in [0, 0.1) is 6.92 Å². The number of amides is 1. The van der Waals surface area contributed by atoms with Gasteiger partial charge in [-0.25, -0.2) is 0 Å². The number of nitrogens with zero attached hydrogens (tertiary/aromatic N) is 1. The second-order valence-electron chi connectivity index (χ2n) is 5.56. The van der Waals surface area contributed by atoms with E-state index >= 15 is 0 Å². The first-order chi connectivity index (χ1) is 12.0. The molecule has 0 radical (unpaired) electrons. The summed E-state index contributed by atoms with van der Waals surface area (Å²) in [5.74, 6) is 1.69. The molecule has 0 saturated carbocycles. The van der Waals surface area contributed by atoms with E-state index in [1.807, 2.05) is 31.2 Å². The first kappa shape index (κ1) is 18.9. The van der Waals surface area contributed by atoms with Crippen molar-refractivity contribution in [3.63, 3.8) is 0 Å². The number of likely N-dealkylation sites (N-methyl/N-ethyl adjacent to an activating group) is 1. The summed E-state index contributed by atoms with van der Waals surface area (Å²) >= 11 is 5.90. The summed E-state index contributed by atoms with van der Waals surface area (Å²) in [4.78, 5) is 13.7. The molecule has 0 atom stereocenters. The second kappa shape index (κ2) is 9.18. The normalized spacial score (nSPS) is 10.2. The van der Waals surface area contributed by atoms with Crippen LogP contribution in [0.4, 0.5) is 0 Å². The maximum absolute atomic E-state index is 12.2. The molecule has 0 saturated heterocycles. The van der Waals surface area contributed by atoms with Gasteiger partial charge in [-0.05, 0) is 42.8 Å². The Morgan fingerprint density at radius 2 is 1.92 bits per heavy atom. The molecule has 0 N–H and O–H groups in total. The first-order valence-corrected chi connectivity index (χ1v) is 8.27. The molecular formula is C19H22ClNO4. The fourth-order valence-electron chi connectivity index (χ4n) is 2.13. The number of hydrogen-bond donors (Lipinski definition) is 0. The molecule has 0 aliphatic rings. The van der Waals surface area contributed by atoms with Crippen molar-refractivity contribution in [2.45, 2.75) is 6.92 Å². The Kier molecular flexibility index (Phi) is 6.95. The van der Waals surface area contributed by atoms with E-state index in [1.54, 1.807) is 37.3 Å². The summed E-state index contributed by atoms with van der Waals surface area (Å²) in [7, 11) is 3.28. The minimum Gasteiger partial charge on any atom is -0.493 e. The van der Waals surface area contributed by atoms with Crippen molar-refractivity contribution in [1.82, 2.24) is 4.90 Å². The van der Waals surface area contributed by atoms with Crippen LogP contribution in [0.5, 0.6) is 17.2 Å². The predicted molar refractivity (Wildman–Crippen MR) is 97.8 cm³/mol. The van der Waals surface area contributed by atoms with Crippen LogP contribution in [-0.4, -0.2) is 44.7 Å². The average molecular weight is 364 g/mol. The molecule has 5 nitrogen and oxygen atoms in total. The smallest absolute Gasteiger partial charge is 0.260 e. The number of benzene rings is 2. The molecular weight excluding hydrogens is 342 g/mol. The summed E-state index contributed by atoms with van der Waals surface area (Å²) in [5.41, 5.74) is 1.06. The lowest BCUT2D eigenvalue weighted by Crippen LogP contribution is -2.34. The minimum absolute atomic E-state index is 0.0624.